The Labute approximate surface area is 198 Å². The first kappa shape index (κ1) is 23.9. The Morgan fingerprint density at radius 3 is 2.71 bits per heavy atom. The second-order valence-electron chi connectivity index (χ2n) is 8.91. The van der Waals surface area contributed by atoms with E-state index in [9.17, 15) is 14.0 Å². The van der Waals surface area contributed by atoms with E-state index in [0.717, 1.165) is 25.7 Å². The van der Waals surface area contributed by atoms with Gasteiger partial charge in [-0.05, 0) is 49.1 Å². The van der Waals surface area contributed by atoms with Crippen molar-refractivity contribution in [2.75, 3.05) is 19.0 Å². The van der Waals surface area contributed by atoms with Crippen LogP contribution in [-0.4, -0.2) is 35.1 Å². The highest BCUT2D eigenvalue weighted by atomic mass is 19.1. The van der Waals surface area contributed by atoms with Crippen molar-refractivity contribution in [3.63, 3.8) is 0 Å². The molecule has 0 atom stereocenters. The number of nitrogens with zero attached hydrogens (tertiary/aromatic N) is 2. The molecule has 1 aromatic heterocycles. The van der Waals surface area contributed by atoms with Gasteiger partial charge in [0, 0.05) is 31.8 Å². The van der Waals surface area contributed by atoms with E-state index in [0.29, 0.717) is 46.6 Å². The molecular weight excluding hydrogens is 435 g/mol. The summed E-state index contributed by atoms with van der Waals surface area (Å²) >= 11 is 0. The fourth-order valence-corrected chi connectivity index (χ4v) is 4.45. The van der Waals surface area contributed by atoms with Crippen LogP contribution in [0, 0.1) is 18.7 Å². The molecule has 4 rings (SSSR count). The quantitative estimate of drug-likeness (QED) is 0.509. The van der Waals surface area contributed by atoms with E-state index in [1.165, 1.54) is 12.5 Å². The summed E-state index contributed by atoms with van der Waals surface area (Å²) in [5.74, 6) is -0.644. The zero-order chi connectivity index (χ0) is 24.1. The number of imidazole rings is 1. The van der Waals surface area contributed by atoms with Gasteiger partial charge in [0.2, 0.25) is 5.91 Å². The molecule has 3 aromatic rings. The molecule has 0 spiro atoms. The summed E-state index contributed by atoms with van der Waals surface area (Å²) in [6.07, 6.45) is 6.75. The molecule has 180 valence electrons. The minimum absolute atomic E-state index is 0.00239. The van der Waals surface area contributed by atoms with E-state index in [2.05, 4.69) is 15.6 Å². The number of methoxy groups -OCH3 is 1. The van der Waals surface area contributed by atoms with Gasteiger partial charge in [0.05, 0.1) is 29.5 Å². The van der Waals surface area contributed by atoms with Gasteiger partial charge in [-0.25, -0.2) is 9.37 Å². The lowest BCUT2D eigenvalue weighted by molar-refractivity contribution is -0.120. The standard InChI is InChI=1S/C26H31FN4O3/c1-17-8-9-18(12-22(17)27)15-28-26(33)21-13-20(30-25(32)19-6-4-3-5-7-19)14-23-24(21)31(16-29-23)10-11-34-2/h8-9,12-14,16,19H,3-7,10-11,15H2,1-2H3,(H,28,33)(H,30,32). The molecule has 2 amide bonds. The Morgan fingerprint density at radius 2 is 1.97 bits per heavy atom. The van der Waals surface area contributed by atoms with E-state index in [-0.39, 0.29) is 30.1 Å². The van der Waals surface area contributed by atoms with Crippen LogP contribution in [0.2, 0.25) is 0 Å². The number of carbonyl (C=O) groups excluding carboxylic acids is 2. The van der Waals surface area contributed by atoms with Crippen molar-refractivity contribution in [3.05, 3.63) is 59.2 Å². The minimum atomic E-state index is -0.320. The molecule has 2 aromatic carbocycles. The number of amides is 2. The van der Waals surface area contributed by atoms with E-state index >= 15 is 0 Å². The lowest BCUT2D eigenvalue weighted by atomic mass is 9.88. The summed E-state index contributed by atoms with van der Waals surface area (Å²) in [4.78, 5) is 30.5. The lowest BCUT2D eigenvalue weighted by Crippen LogP contribution is -2.26. The van der Waals surface area contributed by atoms with Gasteiger partial charge in [-0.3, -0.25) is 9.59 Å². The number of nitrogens with one attached hydrogen (secondary N) is 2. The molecular formula is C26H31FN4O3. The molecule has 1 heterocycles. The highest BCUT2D eigenvalue weighted by Gasteiger charge is 2.23. The van der Waals surface area contributed by atoms with Gasteiger partial charge in [-0.15, -0.1) is 0 Å². The highest BCUT2D eigenvalue weighted by Crippen LogP contribution is 2.28. The first-order chi connectivity index (χ1) is 16.5. The molecule has 0 saturated heterocycles. The number of hydrogen-bond acceptors (Lipinski definition) is 4. The van der Waals surface area contributed by atoms with Crippen LogP contribution in [0.25, 0.3) is 11.0 Å². The predicted molar refractivity (Wildman–Crippen MR) is 129 cm³/mol. The van der Waals surface area contributed by atoms with Crippen LogP contribution in [0.15, 0.2) is 36.7 Å². The Balaban J connectivity index is 1.60. The maximum absolute atomic E-state index is 13.9. The van der Waals surface area contributed by atoms with Gasteiger partial charge < -0.3 is 19.9 Å². The molecule has 1 fully saturated rings. The summed E-state index contributed by atoms with van der Waals surface area (Å²) in [7, 11) is 1.62. The maximum Gasteiger partial charge on any atom is 0.253 e. The maximum atomic E-state index is 13.9. The van der Waals surface area contributed by atoms with Gasteiger partial charge in [-0.2, -0.15) is 0 Å². The summed E-state index contributed by atoms with van der Waals surface area (Å²) in [6, 6.07) is 8.40. The SMILES string of the molecule is COCCn1cnc2cc(NC(=O)C3CCCCC3)cc(C(=O)NCc3ccc(C)c(F)c3)c21. The fourth-order valence-electron chi connectivity index (χ4n) is 4.45. The number of fused-ring (bicyclic) bond motifs is 1. The molecule has 34 heavy (non-hydrogen) atoms. The number of ether oxygens (including phenoxy) is 1. The van der Waals surface area contributed by atoms with E-state index in [1.54, 1.807) is 44.6 Å². The summed E-state index contributed by atoms with van der Waals surface area (Å²) < 4.78 is 21.0. The third kappa shape index (κ3) is 5.44. The second kappa shape index (κ2) is 10.8. The zero-order valence-electron chi connectivity index (χ0n) is 19.7. The normalized spacial score (nSPS) is 14.3. The van der Waals surface area contributed by atoms with Crippen molar-refractivity contribution in [2.24, 2.45) is 5.92 Å². The Morgan fingerprint density at radius 1 is 1.18 bits per heavy atom. The van der Waals surface area contributed by atoms with E-state index in [4.69, 9.17) is 4.74 Å². The van der Waals surface area contributed by atoms with Crippen LogP contribution in [0.3, 0.4) is 0 Å². The monoisotopic (exact) mass is 466 g/mol. The zero-order valence-corrected chi connectivity index (χ0v) is 19.7. The van der Waals surface area contributed by atoms with Crippen molar-refractivity contribution < 1.29 is 18.7 Å². The highest BCUT2D eigenvalue weighted by molar-refractivity contribution is 6.07. The number of benzene rings is 2. The lowest BCUT2D eigenvalue weighted by Gasteiger charge is -2.21. The van der Waals surface area contributed by atoms with Crippen molar-refractivity contribution in [1.29, 1.82) is 0 Å². The van der Waals surface area contributed by atoms with Crippen molar-refractivity contribution in [2.45, 2.75) is 52.1 Å². The van der Waals surface area contributed by atoms with Gasteiger partial charge >= 0.3 is 0 Å². The molecule has 8 heteroatoms. The Kier molecular flexibility index (Phi) is 7.57. The summed E-state index contributed by atoms with van der Waals surface area (Å²) in [5.41, 5.74) is 3.45. The van der Waals surface area contributed by atoms with Crippen LogP contribution in [0.4, 0.5) is 10.1 Å². The molecule has 1 aliphatic carbocycles. The summed E-state index contributed by atoms with van der Waals surface area (Å²) in [5, 5.41) is 5.88. The molecule has 7 nitrogen and oxygen atoms in total. The topological polar surface area (TPSA) is 85.2 Å². The third-order valence-corrected chi connectivity index (χ3v) is 6.43. The second-order valence-corrected chi connectivity index (χ2v) is 8.91. The van der Waals surface area contributed by atoms with Crippen LogP contribution in [-0.2, 0) is 22.6 Å². The first-order valence-corrected chi connectivity index (χ1v) is 11.8. The van der Waals surface area contributed by atoms with Crippen molar-refractivity contribution >= 4 is 28.5 Å². The van der Waals surface area contributed by atoms with Gasteiger partial charge in [0.25, 0.3) is 5.91 Å². The van der Waals surface area contributed by atoms with E-state index < -0.39 is 0 Å². The molecule has 0 unspecified atom stereocenters. The number of anilines is 1. The van der Waals surface area contributed by atoms with E-state index in [1.807, 2.05) is 4.57 Å². The number of hydrogen-bond donors (Lipinski definition) is 2. The van der Waals surface area contributed by atoms with Crippen LogP contribution in [0.5, 0.6) is 0 Å². The number of aryl methyl sites for hydroxylation is 1. The molecule has 1 aliphatic rings. The smallest absolute Gasteiger partial charge is 0.253 e. The Bertz CT molecular complexity index is 1180. The number of aromatic nitrogens is 2. The number of halogens is 1. The molecule has 0 aliphatic heterocycles. The largest absolute Gasteiger partial charge is 0.383 e. The van der Waals surface area contributed by atoms with Crippen LogP contribution < -0.4 is 10.6 Å². The molecule has 2 N–H and O–H groups in total. The van der Waals surface area contributed by atoms with Crippen molar-refractivity contribution in [3.8, 4) is 0 Å². The molecule has 0 bridgehead atoms. The van der Waals surface area contributed by atoms with Crippen molar-refractivity contribution in [1.82, 2.24) is 14.9 Å². The van der Waals surface area contributed by atoms with Crippen LogP contribution >= 0.6 is 0 Å². The number of carbonyl (C=O) groups is 2. The summed E-state index contributed by atoms with van der Waals surface area (Å²) in [6.45, 7) is 2.88. The van der Waals surface area contributed by atoms with Gasteiger partial charge in [-0.1, -0.05) is 31.4 Å². The average molecular weight is 467 g/mol. The first-order valence-electron chi connectivity index (χ1n) is 11.8. The fraction of sp³-hybridized carbons (Fsp3) is 0.423. The molecule has 0 radical (unpaired) electrons. The third-order valence-electron chi connectivity index (χ3n) is 6.43. The van der Waals surface area contributed by atoms with Gasteiger partial charge in [0.1, 0.15) is 5.82 Å². The predicted octanol–water partition coefficient (Wildman–Crippen LogP) is 4.58. The van der Waals surface area contributed by atoms with Crippen LogP contribution in [0.1, 0.15) is 53.6 Å². The number of rotatable bonds is 8. The van der Waals surface area contributed by atoms with Gasteiger partial charge in [0.15, 0.2) is 0 Å². The minimum Gasteiger partial charge on any atom is -0.383 e. The average Bonchev–Trinajstić information content (AvgIpc) is 3.26. The molecule has 1 saturated carbocycles. The Hall–Kier alpha value is -3.26.